The van der Waals surface area contributed by atoms with Gasteiger partial charge in [-0.3, -0.25) is 4.52 Å². The molecular weight excluding hydrogens is 285 g/mol. The molecule has 2 nitrogen and oxygen atoms in total. The molecule has 0 rings (SSSR count). The van der Waals surface area contributed by atoms with Crippen molar-refractivity contribution in [1.82, 2.24) is 0 Å². The van der Waals surface area contributed by atoms with Crippen LogP contribution in [0, 0.1) is 0 Å². The van der Waals surface area contributed by atoms with Crippen molar-refractivity contribution < 1.29 is 35.6 Å². The van der Waals surface area contributed by atoms with E-state index in [1.807, 2.05) is 0 Å². The van der Waals surface area contributed by atoms with E-state index in [9.17, 15) is 26.3 Å². The van der Waals surface area contributed by atoms with Crippen LogP contribution in [0.5, 0.6) is 0 Å². The topological polar surface area (TPSA) is 18.5 Å². The molecule has 0 fully saturated rings. The van der Waals surface area contributed by atoms with Gasteiger partial charge in [-0.25, -0.2) is 8.78 Å². The first-order valence-corrected chi connectivity index (χ1v) is 6.07. The molecule has 0 spiro atoms. The first kappa shape index (κ1) is 17.7. The smallest absolute Gasteiger partial charge is 0.305 e. The number of hydrogen-bond acceptors (Lipinski definition) is 2. The minimum Gasteiger partial charge on any atom is -0.305 e. The molecule has 0 aliphatic heterocycles. The average molecular weight is 298 g/mol. The highest BCUT2D eigenvalue weighted by Gasteiger charge is 2.55. The molecule has 2 unspecified atom stereocenters. The van der Waals surface area contributed by atoms with E-state index in [4.69, 9.17) is 0 Å². The van der Waals surface area contributed by atoms with Crippen molar-refractivity contribution in [2.75, 3.05) is 6.66 Å². The maximum absolute atomic E-state index is 13.5. The lowest BCUT2D eigenvalue weighted by Gasteiger charge is -2.35. The molecule has 0 bridgehead atoms. The summed E-state index contributed by atoms with van der Waals surface area (Å²) in [4.78, 5) is 0. The normalized spacial score (nSPS) is 16.3. The summed E-state index contributed by atoms with van der Waals surface area (Å²) in [6.45, 7) is 4.75. The number of hydrogen-bond donors (Lipinski definition) is 0. The van der Waals surface area contributed by atoms with Crippen molar-refractivity contribution in [2.24, 2.45) is 0 Å². The Morgan fingerprint density at radius 1 is 1.22 bits per heavy atom. The fourth-order valence-corrected chi connectivity index (χ4v) is 1.41. The fourth-order valence-electron chi connectivity index (χ4n) is 1.03. The molecule has 0 aromatic carbocycles. The molecule has 0 amide bonds. The van der Waals surface area contributed by atoms with E-state index in [0.717, 1.165) is 0 Å². The molecule has 0 aromatic rings. The van der Waals surface area contributed by atoms with Gasteiger partial charge in [0.1, 0.15) is 5.60 Å². The molecule has 0 N–H and O–H groups in total. The van der Waals surface area contributed by atoms with Gasteiger partial charge in [-0.15, -0.1) is 0 Å². The van der Waals surface area contributed by atoms with Gasteiger partial charge in [0.2, 0.25) is 6.17 Å². The summed E-state index contributed by atoms with van der Waals surface area (Å²) in [7, 11) is -0.760. The molecule has 0 heterocycles. The summed E-state index contributed by atoms with van der Waals surface area (Å²) >= 11 is 0. The Kier molecular flexibility index (Phi) is 5.65. The van der Waals surface area contributed by atoms with Crippen LogP contribution in [-0.4, -0.2) is 30.7 Å². The third kappa shape index (κ3) is 4.40. The van der Waals surface area contributed by atoms with E-state index in [2.05, 4.69) is 15.8 Å². The van der Waals surface area contributed by atoms with E-state index >= 15 is 0 Å². The lowest BCUT2D eigenvalue weighted by Crippen LogP contribution is -2.51. The summed E-state index contributed by atoms with van der Waals surface area (Å²) in [5.41, 5.74) is -2.68. The van der Waals surface area contributed by atoms with Gasteiger partial charge in [0.25, 0.3) is 0 Å². The SMILES string of the molecule is C=C(F)C(F)(F)OC(C)(C)C(F)C(F)(F)OPC. The zero-order chi connectivity index (χ0) is 14.8. The van der Waals surface area contributed by atoms with Gasteiger partial charge in [-0.1, -0.05) is 6.58 Å². The standard InChI is InChI=1S/C9H13F6O2P/c1-5(10)8(12,13)16-7(2,3)6(11)9(14,15)17-18-4/h6,18H,1H2,2-4H3. The van der Waals surface area contributed by atoms with Gasteiger partial charge in [0.05, 0.1) is 0 Å². The molecule has 0 aliphatic carbocycles. The maximum Gasteiger partial charge on any atom is 0.409 e. The average Bonchev–Trinajstić information content (AvgIpc) is 2.14. The largest absolute Gasteiger partial charge is 0.409 e. The van der Waals surface area contributed by atoms with Crippen molar-refractivity contribution in [3.8, 4) is 0 Å². The highest BCUT2D eigenvalue weighted by molar-refractivity contribution is 7.31. The number of alkyl halides is 5. The zero-order valence-electron chi connectivity index (χ0n) is 9.87. The van der Waals surface area contributed by atoms with Crippen molar-refractivity contribution >= 4 is 8.81 Å². The van der Waals surface area contributed by atoms with Crippen molar-refractivity contribution in [2.45, 2.75) is 37.8 Å². The van der Waals surface area contributed by atoms with Crippen LogP contribution >= 0.6 is 8.81 Å². The van der Waals surface area contributed by atoms with Gasteiger partial charge in [0.15, 0.2) is 5.83 Å². The fraction of sp³-hybridized carbons (Fsp3) is 0.778. The predicted molar refractivity (Wildman–Crippen MR) is 55.5 cm³/mol. The Bertz CT molecular complexity index is 307. The van der Waals surface area contributed by atoms with Crippen molar-refractivity contribution in [3.63, 3.8) is 0 Å². The highest BCUT2D eigenvalue weighted by Crippen LogP contribution is 2.40. The van der Waals surface area contributed by atoms with Gasteiger partial charge >= 0.3 is 12.2 Å². The van der Waals surface area contributed by atoms with Gasteiger partial charge in [-0.05, 0) is 20.5 Å². The maximum atomic E-state index is 13.5. The van der Waals surface area contributed by atoms with Crippen LogP contribution in [0.2, 0.25) is 0 Å². The van der Waals surface area contributed by atoms with E-state index < -0.39 is 38.6 Å². The molecule has 0 saturated carbocycles. The van der Waals surface area contributed by atoms with E-state index in [-0.39, 0.29) is 0 Å². The summed E-state index contributed by atoms with van der Waals surface area (Å²) in [5.74, 6) is -2.20. The molecule has 2 atom stereocenters. The zero-order valence-corrected chi connectivity index (χ0v) is 10.9. The number of ether oxygens (including phenoxy) is 1. The molecule has 0 saturated heterocycles. The quantitative estimate of drug-likeness (QED) is 0.522. The van der Waals surface area contributed by atoms with Crippen LogP contribution in [0.4, 0.5) is 26.3 Å². The highest BCUT2D eigenvalue weighted by atomic mass is 31.1. The Balaban J connectivity index is 4.98. The third-order valence-corrected chi connectivity index (χ3v) is 2.33. The summed E-state index contributed by atoms with van der Waals surface area (Å²) in [5, 5.41) is 0. The Labute approximate surface area is 102 Å². The number of halogens is 6. The van der Waals surface area contributed by atoms with Gasteiger partial charge in [-0.2, -0.15) is 17.6 Å². The Morgan fingerprint density at radius 3 is 2.00 bits per heavy atom. The summed E-state index contributed by atoms with van der Waals surface area (Å²) < 4.78 is 85.1. The molecule has 0 aromatic heterocycles. The molecule has 18 heavy (non-hydrogen) atoms. The molecule has 0 radical (unpaired) electrons. The first-order valence-electron chi connectivity index (χ1n) is 4.66. The second kappa shape index (κ2) is 5.75. The van der Waals surface area contributed by atoms with E-state index in [1.54, 1.807) is 0 Å². The van der Waals surface area contributed by atoms with Crippen LogP contribution in [0.3, 0.4) is 0 Å². The number of rotatable bonds is 7. The first-order chi connectivity index (χ1) is 7.87. The van der Waals surface area contributed by atoms with E-state index in [1.165, 1.54) is 6.66 Å². The second-order valence-corrected chi connectivity index (χ2v) is 4.47. The second-order valence-electron chi connectivity index (χ2n) is 3.86. The minimum absolute atomic E-state index is 0.630. The predicted octanol–water partition coefficient (Wildman–Crippen LogP) is 4.03. The lowest BCUT2D eigenvalue weighted by atomic mass is 10.0. The van der Waals surface area contributed by atoms with Crippen LogP contribution < -0.4 is 0 Å². The van der Waals surface area contributed by atoms with Gasteiger partial charge in [0, 0.05) is 8.81 Å². The van der Waals surface area contributed by atoms with Crippen LogP contribution in [0.1, 0.15) is 13.8 Å². The van der Waals surface area contributed by atoms with Crippen LogP contribution in [-0.2, 0) is 9.26 Å². The lowest BCUT2D eigenvalue weighted by molar-refractivity contribution is -0.323. The third-order valence-electron chi connectivity index (χ3n) is 1.85. The van der Waals surface area contributed by atoms with Crippen LogP contribution in [0.15, 0.2) is 12.4 Å². The monoisotopic (exact) mass is 298 g/mol. The van der Waals surface area contributed by atoms with Crippen LogP contribution in [0.25, 0.3) is 0 Å². The minimum atomic E-state index is -4.56. The van der Waals surface area contributed by atoms with Crippen molar-refractivity contribution in [1.29, 1.82) is 0 Å². The molecule has 9 heteroatoms. The Morgan fingerprint density at radius 2 is 1.67 bits per heavy atom. The summed E-state index contributed by atoms with van der Waals surface area (Å²) in [6.07, 6.45) is -12.1. The van der Waals surface area contributed by atoms with E-state index in [0.29, 0.717) is 13.8 Å². The molecular formula is C9H13F6O2P. The molecule has 108 valence electrons. The Hall–Kier alpha value is -0.330. The van der Waals surface area contributed by atoms with Gasteiger partial charge < -0.3 is 4.74 Å². The molecule has 0 aliphatic rings. The van der Waals surface area contributed by atoms with Crippen molar-refractivity contribution in [3.05, 3.63) is 12.4 Å². The summed E-state index contributed by atoms with van der Waals surface area (Å²) in [6, 6.07) is 0.